The van der Waals surface area contributed by atoms with Crippen molar-refractivity contribution in [1.29, 1.82) is 0 Å². The fourth-order valence-corrected chi connectivity index (χ4v) is 4.39. The summed E-state index contributed by atoms with van der Waals surface area (Å²) >= 11 is 6.20. The molecule has 2 aliphatic rings. The van der Waals surface area contributed by atoms with Crippen LogP contribution in [-0.2, 0) is 11.3 Å². The summed E-state index contributed by atoms with van der Waals surface area (Å²) in [6, 6.07) is 0.305. The molecule has 4 atom stereocenters. The maximum Gasteiger partial charge on any atom is 0.226 e. The summed E-state index contributed by atoms with van der Waals surface area (Å²) in [7, 11) is 0. The van der Waals surface area contributed by atoms with Gasteiger partial charge in [0.05, 0.1) is 12.9 Å². The van der Waals surface area contributed by atoms with Gasteiger partial charge in [0, 0.05) is 6.04 Å². The van der Waals surface area contributed by atoms with Crippen LogP contribution in [0, 0.1) is 0 Å². The van der Waals surface area contributed by atoms with Gasteiger partial charge in [0.1, 0.15) is 12.2 Å². The number of fused-ring (bicyclic) bond motifs is 1. The molecule has 0 radical (unpaired) electrons. The zero-order valence-electron chi connectivity index (χ0n) is 17.0. The molecule has 1 saturated carbocycles. The second-order valence-corrected chi connectivity index (χ2v) is 8.25. The molecule has 3 aromatic rings. The molecule has 0 unspecified atom stereocenters. The minimum absolute atomic E-state index is 0.0599. The van der Waals surface area contributed by atoms with Crippen LogP contribution < -0.4 is 5.32 Å². The number of imidazole rings is 1. The topological polar surface area (TPSA) is 149 Å². The molecule has 4 heterocycles. The van der Waals surface area contributed by atoms with E-state index in [1.807, 2.05) is 6.92 Å². The average Bonchev–Trinajstić information content (AvgIpc) is 3.48. The summed E-state index contributed by atoms with van der Waals surface area (Å²) in [4.78, 5) is 14.5. The van der Waals surface area contributed by atoms with Gasteiger partial charge in [-0.3, -0.25) is 4.57 Å². The van der Waals surface area contributed by atoms with Crippen LogP contribution in [0.5, 0.6) is 0 Å². The first-order chi connectivity index (χ1) is 15.0. The van der Waals surface area contributed by atoms with Crippen LogP contribution >= 0.6 is 11.6 Å². The van der Waals surface area contributed by atoms with E-state index in [1.54, 1.807) is 4.57 Å². The molecular weight excluding hydrogens is 426 g/mol. The molecule has 2 fully saturated rings. The standard InChI is InChI=1S/C18H24ClN9O3/c1-2-28-25-15(24-26-28)13-11(29)12(30)17(31-13)27-8-20-10-14(22-18(19)23-16(10)27)21-9-6-4-3-5-7-9/h8-9,11-13,17,29-30H,2-7H2,1H3,(H,21,22,23)/t11-,12+,13-,17+/m0/s1. The Bertz CT molecular complexity index is 1070. The Balaban J connectivity index is 1.45. The third kappa shape index (κ3) is 3.73. The lowest BCUT2D eigenvalue weighted by Gasteiger charge is -2.23. The monoisotopic (exact) mass is 449 g/mol. The molecule has 166 valence electrons. The molecular formula is C18H24ClN9O3. The molecule has 1 aliphatic carbocycles. The highest BCUT2D eigenvalue weighted by Crippen LogP contribution is 2.39. The molecule has 12 nitrogen and oxygen atoms in total. The summed E-state index contributed by atoms with van der Waals surface area (Å²) < 4.78 is 7.48. The number of rotatable bonds is 5. The molecule has 13 heteroatoms. The number of nitrogens with one attached hydrogen (secondary N) is 1. The van der Waals surface area contributed by atoms with E-state index in [0.717, 1.165) is 12.8 Å². The van der Waals surface area contributed by atoms with Gasteiger partial charge >= 0.3 is 0 Å². The Labute approximate surface area is 182 Å². The molecule has 31 heavy (non-hydrogen) atoms. The largest absolute Gasteiger partial charge is 0.387 e. The Morgan fingerprint density at radius 2 is 2.00 bits per heavy atom. The number of aliphatic hydroxyl groups excluding tert-OH is 2. The summed E-state index contributed by atoms with van der Waals surface area (Å²) in [5.74, 6) is 0.755. The van der Waals surface area contributed by atoms with Crippen molar-refractivity contribution in [2.75, 3.05) is 5.32 Å². The Kier molecular flexibility index (Phi) is 5.46. The van der Waals surface area contributed by atoms with Crippen molar-refractivity contribution in [3.63, 3.8) is 0 Å². The van der Waals surface area contributed by atoms with Crippen molar-refractivity contribution in [3.8, 4) is 0 Å². The van der Waals surface area contributed by atoms with Gasteiger partial charge in [0.25, 0.3) is 0 Å². The van der Waals surface area contributed by atoms with E-state index in [2.05, 4.69) is 35.7 Å². The van der Waals surface area contributed by atoms with E-state index in [9.17, 15) is 10.2 Å². The summed E-state index contributed by atoms with van der Waals surface area (Å²) in [6.07, 6.45) is 2.84. The first-order valence-electron chi connectivity index (χ1n) is 10.5. The fourth-order valence-electron chi connectivity index (χ4n) is 4.22. The number of ether oxygens (including phenoxy) is 1. The lowest BCUT2D eigenvalue weighted by Crippen LogP contribution is -2.29. The molecule has 0 spiro atoms. The van der Waals surface area contributed by atoms with Gasteiger partial charge in [-0.25, -0.2) is 4.98 Å². The van der Waals surface area contributed by atoms with Crippen molar-refractivity contribution in [1.82, 2.24) is 39.7 Å². The normalized spacial score (nSPS) is 27.2. The van der Waals surface area contributed by atoms with Crippen molar-refractivity contribution < 1.29 is 14.9 Å². The van der Waals surface area contributed by atoms with Crippen molar-refractivity contribution in [2.45, 2.75) is 76.2 Å². The van der Waals surface area contributed by atoms with Crippen LogP contribution in [0.25, 0.3) is 11.2 Å². The van der Waals surface area contributed by atoms with E-state index in [1.165, 1.54) is 30.4 Å². The zero-order valence-corrected chi connectivity index (χ0v) is 17.7. The number of anilines is 1. The highest BCUT2D eigenvalue weighted by molar-refractivity contribution is 6.28. The molecule has 0 aromatic carbocycles. The molecule has 1 saturated heterocycles. The number of aliphatic hydroxyl groups is 2. The number of nitrogens with zero attached hydrogens (tertiary/aromatic N) is 8. The maximum absolute atomic E-state index is 10.7. The minimum Gasteiger partial charge on any atom is -0.387 e. The quantitative estimate of drug-likeness (QED) is 0.485. The van der Waals surface area contributed by atoms with Crippen LogP contribution in [0.3, 0.4) is 0 Å². The maximum atomic E-state index is 10.7. The van der Waals surface area contributed by atoms with E-state index in [0.29, 0.717) is 29.6 Å². The first-order valence-corrected chi connectivity index (χ1v) is 10.9. The average molecular weight is 450 g/mol. The smallest absolute Gasteiger partial charge is 0.226 e. The number of tetrazole rings is 1. The van der Waals surface area contributed by atoms with Gasteiger partial charge < -0.3 is 20.3 Å². The lowest BCUT2D eigenvalue weighted by atomic mass is 9.95. The number of aryl methyl sites for hydroxylation is 1. The van der Waals surface area contributed by atoms with Crippen LogP contribution in [0.1, 0.15) is 57.2 Å². The van der Waals surface area contributed by atoms with Crippen LogP contribution in [0.15, 0.2) is 6.33 Å². The van der Waals surface area contributed by atoms with Gasteiger partial charge in [-0.1, -0.05) is 19.3 Å². The predicted octanol–water partition coefficient (Wildman–Crippen LogP) is 1.22. The molecule has 3 aromatic heterocycles. The molecule has 1 aliphatic heterocycles. The Morgan fingerprint density at radius 3 is 2.74 bits per heavy atom. The lowest BCUT2D eigenvalue weighted by molar-refractivity contribution is -0.0384. The summed E-state index contributed by atoms with van der Waals surface area (Å²) in [5, 5.41) is 36.8. The number of hydrogen-bond donors (Lipinski definition) is 3. The van der Waals surface area contributed by atoms with Crippen LogP contribution in [0.4, 0.5) is 5.82 Å². The summed E-state index contributed by atoms with van der Waals surface area (Å²) in [5.41, 5.74) is 0.930. The number of halogens is 1. The fraction of sp³-hybridized carbons (Fsp3) is 0.667. The third-order valence-electron chi connectivity index (χ3n) is 5.86. The Morgan fingerprint density at radius 1 is 1.19 bits per heavy atom. The van der Waals surface area contributed by atoms with E-state index >= 15 is 0 Å². The van der Waals surface area contributed by atoms with Crippen molar-refractivity contribution in [3.05, 3.63) is 17.4 Å². The number of hydrogen-bond acceptors (Lipinski definition) is 10. The van der Waals surface area contributed by atoms with E-state index in [-0.39, 0.29) is 11.1 Å². The van der Waals surface area contributed by atoms with Crippen molar-refractivity contribution >= 4 is 28.6 Å². The first kappa shape index (κ1) is 20.5. The molecule has 0 amide bonds. The number of aromatic nitrogens is 8. The van der Waals surface area contributed by atoms with Crippen LogP contribution in [-0.4, -0.2) is 68.2 Å². The van der Waals surface area contributed by atoms with Gasteiger partial charge in [-0.15, -0.1) is 10.2 Å². The second-order valence-electron chi connectivity index (χ2n) is 7.91. The summed E-state index contributed by atoms with van der Waals surface area (Å²) in [6.45, 7) is 2.40. The van der Waals surface area contributed by atoms with E-state index < -0.39 is 24.5 Å². The SMILES string of the molecule is CCn1nnc([C@H]2O[C@@H](n3cnc4c(NC5CCCCC5)nc(Cl)nc43)[C@H](O)[C@@H]2O)n1. The predicted molar refractivity (Wildman–Crippen MR) is 109 cm³/mol. The van der Waals surface area contributed by atoms with Gasteiger partial charge in [0.2, 0.25) is 11.1 Å². The highest BCUT2D eigenvalue weighted by Gasteiger charge is 2.47. The third-order valence-corrected chi connectivity index (χ3v) is 6.03. The van der Waals surface area contributed by atoms with Gasteiger partial charge in [-0.05, 0) is 36.6 Å². The second kappa shape index (κ2) is 8.26. The zero-order chi connectivity index (χ0) is 21.5. The van der Waals surface area contributed by atoms with Gasteiger partial charge in [-0.2, -0.15) is 14.8 Å². The van der Waals surface area contributed by atoms with E-state index in [4.69, 9.17) is 16.3 Å². The van der Waals surface area contributed by atoms with Gasteiger partial charge in [0.15, 0.2) is 29.3 Å². The molecule has 0 bridgehead atoms. The molecule has 5 rings (SSSR count). The highest BCUT2D eigenvalue weighted by atomic mass is 35.5. The minimum atomic E-state index is -1.25. The van der Waals surface area contributed by atoms with Crippen LogP contribution in [0.2, 0.25) is 5.28 Å². The van der Waals surface area contributed by atoms with Crippen molar-refractivity contribution in [2.24, 2.45) is 0 Å². The Hall–Kier alpha value is -2.41. The molecule has 3 N–H and O–H groups in total.